The third-order valence-corrected chi connectivity index (χ3v) is 4.49. The number of ether oxygens (including phenoxy) is 1. The van der Waals surface area contributed by atoms with Crippen LogP contribution >= 0.6 is 11.3 Å². The summed E-state index contributed by atoms with van der Waals surface area (Å²) in [6, 6.07) is 5.74. The number of anilines is 1. The van der Waals surface area contributed by atoms with Crippen molar-refractivity contribution in [2.75, 3.05) is 11.9 Å². The largest absolute Gasteiger partial charge is 0.477 e. The van der Waals surface area contributed by atoms with Crippen molar-refractivity contribution in [3.05, 3.63) is 35.0 Å². The molecule has 7 heteroatoms. The van der Waals surface area contributed by atoms with Gasteiger partial charge in [-0.2, -0.15) is 5.10 Å². The summed E-state index contributed by atoms with van der Waals surface area (Å²) in [5.74, 6) is 0.337. The standard InChI is InChI=1S/C15H14N4O2S/c1-9-17-12-7-10(3-4-13(12)22-9)18-14(20)11-8-16-19-5-2-6-21-15(11)19/h3-4,7-8H,2,5-6H2,1H3,(H,18,20). The summed E-state index contributed by atoms with van der Waals surface area (Å²) in [4.78, 5) is 16.9. The van der Waals surface area contributed by atoms with Gasteiger partial charge in [0.25, 0.3) is 5.91 Å². The molecule has 2 aromatic heterocycles. The summed E-state index contributed by atoms with van der Waals surface area (Å²) < 4.78 is 8.40. The van der Waals surface area contributed by atoms with Crippen molar-refractivity contribution >= 4 is 33.1 Å². The number of benzene rings is 1. The number of amides is 1. The first kappa shape index (κ1) is 13.3. The van der Waals surface area contributed by atoms with Crippen molar-refractivity contribution in [3.8, 4) is 5.88 Å². The Balaban J connectivity index is 1.61. The molecule has 1 aliphatic rings. The fourth-order valence-corrected chi connectivity index (χ4v) is 3.35. The van der Waals surface area contributed by atoms with Crippen molar-refractivity contribution in [2.24, 2.45) is 0 Å². The van der Waals surface area contributed by atoms with Gasteiger partial charge < -0.3 is 10.1 Å². The fraction of sp³-hybridized carbons (Fsp3) is 0.267. The van der Waals surface area contributed by atoms with E-state index >= 15 is 0 Å². The molecule has 0 bridgehead atoms. The van der Waals surface area contributed by atoms with Gasteiger partial charge in [0, 0.05) is 18.7 Å². The van der Waals surface area contributed by atoms with E-state index in [0.717, 1.165) is 33.9 Å². The summed E-state index contributed by atoms with van der Waals surface area (Å²) in [6.45, 7) is 3.38. The van der Waals surface area contributed by atoms with E-state index in [2.05, 4.69) is 15.4 Å². The first-order chi connectivity index (χ1) is 10.7. The van der Waals surface area contributed by atoms with Crippen LogP contribution in [0, 0.1) is 6.92 Å². The molecule has 0 radical (unpaired) electrons. The first-order valence-corrected chi connectivity index (χ1v) is 7.89. The molecule has 0 unspecified atom stereocenters. The number of fused-ring (bicyclic) bond motifs is 2. The average Bonchev–Trinajstić information content (AvgIpc) is 3.09. The molecule has 3 aromatic rings. The summed E-state index contributed by atoms with van der Waals surface area (Å²) >= 11 is 1.64. The third-order valence-electron chi connectivity index (χ3n) is 3.54. The number of hydrogen-bond acceptors (Lipinski definition) is 5. The molecule has 1 N–H and O–H groups in total. The Kier molecular flexibility index (Phi) is 3.07. The first-order valence-electron chi connectivity index (χ1n) is 7.08. The molecular weight excluding hydrogens is 300 g/mol. The summed E-state index contributed by atoms with van der Waals surface area (Å²) in [5.41, 5.74) is 2.08. The van der Waals surface area contributed by atoms with Crippen LogP contribution in [0.4, 0.5) is 5.69 Å². The number of hydrogen-bond donors (Lipinski definition) is 1. The highest BCUT2D eigenvalue weighted by molar-refractivity contribution is 7.18. The Bertz CT molecular complexity index is 868. The number of carbonyl (C=O) groups excluding carboxylic acids is 1. The van der Waals surface area contributed by atoms with E-state index in [1.165, 1.54) is 0 Å². The molecule has 1 aromatic carbocycles. The summed E-state index contributed by atoms with van der Waals surface area (Å²) in [7, 11) is 0. The number of nitrogens with one attached hydrogen (secondary N) is 1. The highest BCUT2D eigenvalue weighted by atomic mass is 32.1. The minimum atomic E-state index is -0.213. The molecule has 0 saturated carbocycles. The van der Waals surface area contributed by atoms with E-state index in [-0.39, 0.29) is 5.91 Å². The van der Waals surface area contributed by atoms with Crippen LogP contribution in [0.5, 0.6) is 5.88 Å². The zero-order chi connectivity index (χ0) is 15.1. The molecule has 0 fully saturated rings. The zero-order valence-corrected chi connectivity index (χ0v) is 12.8. The lowest BCUT2D eigenvalue weighted by molar-refractivity contribution is 0.102. The number of thiazole rings is 1. The Hall–Kier alpha value is -2.41. The minimum Gasteiger partial charge on any atom is -0.477 e. The average molecular weight is 314 g/mol. The number of carbonyl (C=O) groups is 1. The van der Waals surface area contributed by atoms with Crippen molar-refractivity contribution in [1.82, 2.24) is 14.8 Å². The van der Waals surface area contributed by atoms with Gasteiger partial charge in [0.1, 0.15) is 5.56 Å². The molecule has 112 valence electrons. The number of aromatic nitrogens is 3. The van der Waals surface area contributed by atoms with E-state index < -0.39 is 0 Å². The molecule has 3 heterocycles. The van der Waals surface area contributed by atoms with Crippen LogP contribution < -0.4 is 10.1 Å². The lowest BCUT2D eigenvalue weighted by Gasteiger charge is -2.15. The maximum Gasteiger partial charge on any atom is 0.262 e. The van der Waals surface area contributed by atoms with Gasteiger partial charge in [0.2, 0.25) is 5.88 Å². The van der Waals surface area contributed by atoms with E-state index in [0.29, 0.717) is 18.1 Å². The molecule has 1 amide bonds. The highest BCUT2D eigenvalue weighted by Gasteiger charge is 2.21. The fourth-order valence-electron chi connectivity index (χ4n) is 2.54. The Labute approximate surface area is 130 Å². The van der Waals surface area contributed by atoms with Crippen molar-refractivity contribution in [3.63, 3.8) is 0 Å². The maximum atomic E-state index is 12.4. The lowest BCUT2D eigenvalue weighted by Crippen LogP contribution is -2.18. The van der Waals surface area contributed by atoms with Crippen molar-refractivity contribution in [1.29, 1.82) is 0 Å². The molecular formula is C15H14N4O2S. The van der Waals surface area contributed by atoms with E-state index in [9.17, 15) is 4.79 Å². The van der Waals surface area contributed by atoms with Crippen molar-refractivity contribution < 1.29 is 9.53 Å². The van der Waals surface area contributed by atoms with Gasteiger partial charge in [-0.3, -0.25) is 4.79 Å². The lowest BCUT2D eigenvalue weighted by atomic mass is 10.2. The highest BCUT2D eigenvalue weighted by Crippen LogP contribution is 2.26. The summed E-state index contributed by atoms with van der Waals surface area (Å²) in [5, 5.41) is 8.09. The van der Waals surface area contributed by atoms with E-state index in [1.807, 2.05) is 25.1 Å². The molecule has 0 atom stereocenters. The number of rotatable bonds is 2. The molecule has 1 aliphatic heterocycles. The van der Waals surface area contributed by atoms with Gasteiger partial charge >= 0.3 is 0 Å². The summed E-state index contributed by atoms with van der Waals surface area (Å²) in [6.07, 6.45) is 2.47. The van der Waals surface area contributed by atoms with Crippen LogP contribution in [0.2, 0.25) is 0 Å². The monoisotopic (exact) mass is 314 g/mol. The minimum absolute atomic E-state index is 0.213. The second kappa shape index (κ2) is 5.10. The maximum absolute atomic E-state index is 12.4. The second-order valence-corrected chi connectivity index (χ2v) is 6.39. The van der Waals surface area contributed by atoms with Crippen LogP contribution in [0.15, 0.2) is 24.4 Å². The van der Waals surface area contributed by atoms with Gasteiger partial charge in [0.05, 0.1) is 28.0 Å². The quantitative estimate of drug-likeness (QED) is 0.789. The van der Waals surface area contributed by atoms with Gasteiger partial charge in [-0.05, 0) is 25.1 Å². The van der Waals surface area contributed by atoms with Gasteiger partial charge in [0.15, 0.2) is 0 Å². The molecule has 0 aliphatic carbocycles. The van der Waals surface area contributed by atoms with Crippen LogP contribution in [0.3, 0.4) is 0 Å². The third kappa shape index (κ3) is 2.23. The smallest absolute Gasteiger partial charge is 0.262 e. The molecule has 0 spiro atoms. The van der Waals surface area contributed by atoms with E-state index in [1.54, 1.807) is 22.2 Å². The molecule has 4 rings (SSSR count). The van der Waals surface area contributed by atoms with Crippen molar-refractivity contribution in [2.45, 2.75) is 19.9 Å². The Morgan fingerprint density at radius 1 is 1.45 bits per heavy atom. The van der Waals surface area contributed by atoms with E-state index in [4.69, 9.17) is 4.74 Å². The van der Waals surface area contributed by atoms with Crippen LogP contribution in [0.1, 0.15) is 21.8 Å². The normalized spacial score (nSPS) is 13.7. The van der Waals surface area contributed by atoms with Crippen LogP contribution in [-0.4, -0.2) is 27.3 Å². The Morgan fingerprint density at radius 3 is 3.27 bits per heavy atom. The Morgan fingerprint density at radius 2 is 2.36 bits per heavy atom. The zero-order valence-electron chi connectivity index (χ0n) is 12.0. The molecule has 0 saturated heterocycles. The molecule has 6 nitrogen and oxygen atoms in total. The van der Waals surface area contributed by atoms with Gasteiger partial charge in [-0.1, -0.05) is 0 Å². The van der Waals surface area contributed by atoms with Crippen LogP contribution in [-0.2, 0) is 6.54 Å². The molecule has 22 heavy (non-hydrogen) atoms. The number of nitrogens with zero attached hydrogens (tertiary/aromatic N) is 3. The number of aryl methyl sites for hydroxylation is 2. The predicted molar refractivity (Wildman–Crippen MR) is 84.6 cm³/mol. The van der Waals surface area contributed by atoms with Crippen LogP contribution in [0.25, 0.3) is 10.2 Å². The van der Waals surface area contributed by atoms with Gasteiger partial charge in [-0.25, -0.2) is 9.67 Å². The SMILES string of the molecule is Cc1nc2cc(NC(=O)c3cnn4c3OCCC4)ccc2s1. The predicted octanol–water partition coefficient (Wildman–Crippen LogP) is 2.84. The van der Waals surface area contributed by atoms with Gasteiger partial charge in [-0.15, -0.1) is 11.3 Å². The second-order valence-electron chi connectivity index (χ2n) is 5.16. The topological polar surface area (TPSA) is 69.0 Å².